The highest BCUT2D eigenvalue weighted by Crippen LogP contribution is 2.36. The van der Waals surface area contributed by atoms with Crippen molar-refractivity contribution in [3.63, 3.8) is 0 Å². The average molecular weight is 289 g/mol. The molecule has 118 valence electrons. The fourth-order valence-electron chi connectivity index (χ4n) is 4.26. The topological polar surface area (TPSA) is 29.9 Å². The zero-order valence-electron chi connectivity index (χ0n) is 13.8. The quantitative estimate of drug-likeness (QED) is 0.891. The second-order valence-corrected chi connectivity index (χ2v) is 6.97. The van der Waals surface area contributed by atoms with Crippen molar-refractivity contribution in [1.82, 2.24) is 14.9 Å². The molecule has 0 radical (unpaired) electrons. The number of aromatic nitrogens is 2. The summed E-state index contributed by atoms with van der Waals surface area (Å²) >= 11 is 0. The third-order valence-electron chi connectivity index (χ3n) is 5.58. The monoisotopic (exact) mass is 289 g/mol. The number of hydrogen-bond acceptors (Lipinski definition) is 2. The molecule has 3 unspecified atom stereocenters. The van der Waals surface area contributed by atoms with Gasteiger partial charge >= 0.3 is 0 Å². The molecule has 1 aromatic rings. The second kappa shape index (κ2) is 6.95. The summed E-state index contributed by atoms with van der Waals surface area (Å²) in [7, 11) is 0. The van der Waals surface area contributed by atoms with Gasteiger partial charge in [-0.1, -0.05) is 20.3 Å². The molecule has 1 saturated carbocycles. The Labute approximate surface area is 129 Å². The molecule has 1 heterocycles. The van der Waals surface area contributed by atoms with Crippen LogP contribution in [-0.4, -0.2) is 22.1 Å². The van der Waals surface area contributed by atoms with E-state index in [0.29, 0.717) is 12.1 Å². The van der Waals surface area contributed by atoms with Gasteiger partial charge in [0.05, 0.1) is 18.1 Å². The standard InChI is InChI=1S/C18H31N3/c1-3-11-19-16-10-9-14(4-2)12-18(16)21-13-20-15-7-5-6-8-17(15)21/h13-14,16,18-19H,3-12H2,1-2H3. The Bertz CT molecular complexity index is 451. The fourth-order valence-corrected chi connectivity index (χ4v) is 4.26. The van der Waals surface area contributed by atoms with Gasteiger partial charge in [-0.05, 0) is 63.8 Å². The number of fused-ring (bicyclic) bond motifs is 1. The summed E-state index contributed by atoms with van der Waals surface area (Å²) in [6, 6.07) is 1.28. The highest BCUT2D eigenvalue weighted by Gasteiger charge is 2.32. The normalized spacial score (nSPS) is 29.3. The van der Waals surface area contributed by atoms with Crippen LogP contribution in [0.5, 0.6) is 0 Å². The first-order chi connectivity index (χ1) is 10.3. The highest BCUT2D eigenvalue weighted by atomic mass is 15.1. The minimum absolute atomic E-state index is 0.629. The predicted molar refractivity (Wildman–Crippen MR) is 87.6 cm³/mol. The molecule has 2 aliphatic carbocycles. The Morgan fingerprint density at radius 1 is 1.24 bits per heavy atom. The average Bonchev–Trinajstić information content (AvgIpc) is 2.96. The second-order valence-electron chi connectivity index (χ2n) is 6.97. The smallest absolute Gasteiger partial charge is 0.0954 e. The third-order valence-corrected chi connectivity index (χ3v) is 5.58. The van der Waals surface area contributed by atoms with E-state index in [1.54, 1.807) is 5.69 Å². The molecule has 0 aromatic carbocycles. The lowest BCUT2D eigenvalue weighted by Gasteiger charge is -2.38. The maximum atomic E-state index is 4.73. The molecule has 3 rings (SSSR count). The minimum atomic E-state index is 0.629. The maximum absolute atomic E-state index is 4.73. The van der Waals surface area contributed by atoms with E-state index in [4.69, 9.17) is 4.98 Å². The summed E-state index contributed by atoms with van der Waals surface area (Å²) in [5.74, 6) is 0.899. The van der Waals surface area contributed by atoms with Gasteiger partial charge in [-0.25, -0.2) is 4.98 Å². The molecule has 0 bridgehead atoms. The van der Waals surface area contributed by atoms with E-state index >= 15 is 0 Å². The van der Waals surface area contributed by atoms with Crippen LogP contribution in [0.4, 0.5) is 0 Å². The molecule has 0 saturated heterocycles. The van der Waals surface area contributed by atoms with Gasteiger partial charge in [0.2, 0.25) is 0 Å². The molecule has 0 spiro atoms. The summed E-state index contributed by atoms with van der Waals surface area (Å²) < 4.78 is 2.56. The van der Waals surface area contributed by atoms with Gasteiger partial charge < -0.3 is 9.88 Å². The molecular formula is C18H31N3. The van der Waals surface area contributed by atoms with Crippen LogP contribution in [-0.2, 0) is 12.8 Å². The van der Waals surface area contributed by atoms with E-state index in [1.807, 2.05) is 0 Å². The lowest BCUT2D eigenvalue weighted by molar-refractivity contribution is 0.198. The molecule has 0 amide bonds. The van der Waals surface area contributed by atoms with Crippen molar-refractivity contribution < 1.29 is 0 Å². The first kappa shape index (κ1) is 15.1. The summed E-state index contributed by atoms with van der Waals surface area (Å²) in [4.78, 5) is 4.73. The molecule has 3 atom stereocenters. The van der Waals surface area contributed by atoms with E-state index in [-0.39, 0.29) is 0 Å². The number of imidazole rings is 1. The van der Waals surface area contributed by atoms with Crippen LogP contribution in [0.15, 0.2) is 6.33 Å². The zero-order valence-corrected chi connectivity index (χ0v) is 13.8. The lowest BCUT2D eigenvalue weighted by Crippen LogP contribution is -2.42. The van der Waals surface area contributed by atoms with Gasteiger partial charge in [0.1, 0.15) is 0 Å². The Balaban J connectivity index is 1.82. The van der Waals surface area contributed by atoms with Crippen LogP contribution in [0.1, 0.15) is 76.2 Å². The largest absolute Gasteiger partial charge is 0.330 e. The van der Waals surface area contributed by atoms with E-state index in [0.717, 1.165) is 12.5 Å². The van der Waals surface area contributed by atoms with Crippen LogP contribution < -0.4 is 5.32 Å². The van der Waals surface area contributed by atoms with Crippen LogP contribution in [0.3, 0.4) is 0 Å². The van der Waals surface area contributed by atoms with Gasteiger partial charge in [0.15, 0.2) is 0 Å². The first-order valence-corrected chi connectivity index (χ1v) is 9.11. The third kappa shape index (κ3) is 3.18. The predicted octanol–water partition coefficient (Wildman–Crippen LogP) is 3.88. The van der Waals surface area contributed by atoms with Crippen molar-refractivity contribution in [2.45, 2.75) is 83.7 Å². The van der Waals surface area contributed by atoms with Gasteiger partial charge in [-0.2, -0.15) is 0 Å². The Morgan fingerprint density at radius 2 is 2.10 bits per heavy atom. The Hall–Kier alpha value is -0.830. The van der Waals surface area contributed by atoms with E-state index in [1.165, 1.54) is 63.5 Å². The Morgan fingerprint density at radius 3 is 2.90 bits per heavy atom. The van der Waals surface area contributed by atoms with E-state index in [2.05, 4.69) is 30.1 Å². The van der Waals surface area contributed by atoms with Crippen LogP contribution in [0.25, 0.3) is 0 Å². The van der Waals surface area contributed by atoms with Crippen LogP contribution >= 0.6 is 0 Å². The van der Waals surface area contributed by atoms with Crippen molar-refractivity contribution in [1.29, 1.82) is 0 Å². The first-order valence-electron chi connectivity index (χ1n) is 9.11. The summed E-state index contributed by atoms with van der Waals surface area (Å²) in [6.07, 6.45) is 13.9. The maximum Gasteiger partial charge on any atom is 0.0954 e. The number of nitrogens with one attached hydrogen (secondary N) is 1. The number of aryl methyl sites for hydroxylation is 1. The summed E-state index contributed by atoms with van der Waals surface area (Å²) in [5, 5.41) is 3.81. The number of hydrogen-bond donors (Lipinski definition) is 1. The Kier molecular flexibility index (Phi) is 4.99. The van der Waals surface area contributed by atoms with Crippen molar-refractivity contribution in [3.8, 4) is 0 Å². The van der Waals surface area contributed by atoms with Crippen LogP contribution in [0, 0.1) is 5.92 Å². The molecule has 1 aromatic heterocycles. The van der Waals surface area contributed by atoms with Crippen LogP contribution in [0.2, 0.25) is 0 Å². The zero-order chi connectivity index (χ0) is 14.7. The number of rotatable bonds is 5. The van der Waals surface area contributed by atoms with Crippen molar-refractivity contribution in [2.75, 3.05) is 6.54 Å². The fraction of sp³-hybridized carbons (Fsp3) is 0.833. The molecule has 0 aliphatic heterocycles. The van der Waals surface area contributed by atoms with Gasteiger partial charge in [0.25, 0.3) is 0 Å². The molecule has 3 heteroatoms. The lowest BCUT2D eigenvalue weighted by atomic mass is 9.80. The minimum Gasteiger partial charge on any atom is -0.330 e. The molecule has 3 nitrogen and oxygen atoms in total. The molecular weight excluding hydrogens is 258 g/mol. The highest BCUT2D eigenvalue weighted by molar-refractivity contribution is 5.18. The number of nitrogens with zero attached hydrogens (tertiary/aromatic N) is 2. The molecule has 2 aliphatic rings. The summed E-state index contributed by atoms with van der Waals surface area (Å²) in [5.41, 5.74) is 2.93. The molecule has 21 heavy (non-hydrogen) atoms. The van der Waals surface area contributed by atoms with Crippen molar-refractivity contribution in [2.24, 2.45) is 5.92 Å². The summed E-state index contributed by atoms with van der Waals surface area (Å²) in [6.45, 7) is 5.76. The molecule has 1 fully saturated rings. The van der Waals surface area contributed by atoms with Gasteiger partial charge in [-0.3, -0.25) is 0 Å². The van der Waals surface area contributed by atoms with E-state index in [9.17, 15) is 0 Å². The molecule has 1 N–H and O–H groups in total. The van der Waals surface area contributed by atoms with Crippen molar-refractivity contribution >= 4 is 0 Å². The van der Waals surface area contributed by atoms with Gasteiger partial charge in [-0.15, -0.1) is 0 Å². The van der Waals surface area contributed by atoms with Crippen molar-refractivity contribution in [3.05, 3.63) is 17.7 Å². The van der Waals surface area contributed by atoms with Gasteiger partial charge in [0, 0.05) is 11.7 Å². The SMILES string of the molecule is CCCNC1CCC(CC)CC1n1cnc2c1CCCC2. The van der Waals surface area contributed by atoms with E-state index < -0.39 is 0 Å².